The Bertz CT molecular complexity index is 805. The maximum atomic E-state index is 12.8. The van der Waals surface area contributed by atoms with Crippen LogP contribution in [0, 0.1) is 0 Å². The van der Waals surface area contributed by atoms with E-state index in [4.69, 9.17) is 4.74 Å². The lowest BCUT2D eigenvalue weighted by atomic mass is 10.1. The van der Waals surface area contributed by atoms with Gasteiger partial charge in [0.25, 0.3) is 11.5 Å². The molecule has 0 unspecified atom stereocenters. The number of aromatic nitrogens is 1. The van der Waals surface area contributed by atoms with Crippen LogP contribution >= 0.6 is 0 Å². The summed E-state index contributed by atoms with van der Waals surface area (Å²) in [4.78, 5) is 29.3. The number of fused-ring (bicyclic) bond motifs is 1. The maximum Gasteiger partial charge on any atom is 0.270 e. The number of methoxy groups -OCH3 is 1. The van der Waals surface area contributed by atoms with Crippen LogP contribution in [-0.2, 0) is 7.05 Å². The average Bonchev–Trinajstić information content (AvgIpc) is 2.57. The average molecular weight is 315 g/mol. The molecule has 23 heavy (non-hydrogen) atoms. The van der Waals surface area contributed by atoms with E-state index >= 15 is 0 Å². The number of carbonyl (C=O) groups excluding carboxylic acids is 1. The Morgan fingerprint density at radius 2 is 1.78 bits per heavy atom. The molecule has 1 aromatic carbocycles. The summed E-state index contributed by atoms with van der Waals surface area (Å²) in [6, 6.07) is 7.06. The molecule has 0 saturated carbocycles. The molecule has 122 valence electrons. The molecule has 1 amide bonds. The van der Waals surface area contributed by atoms with Crippen molar-refractivity contribution in [2.24, 2.45) is 7.05 Å². The van der Waals surface area contributed by atoms with Gasteiger partial charge in [-0.3, -0.25) is 9.59 Å². The number of hydrogen-bond donors (Lipinski definition) is 0. The van der Waals surface area contributed by atoms with Crippen molar-refractivity contribution in [3.8, 4) is 5.75 Å². The first-order chi connectivity index (χ1) is 11.0. The number of hydrogen-bond acceptors (Lipinski definition) is 4. The summed E-state index contributed by atoms with van der Waals surface area (Å²) in [6.45, 7) is 3.06. The van der Waals surface area contributed by atoms with Crippen LogP contribution in [0.4, 0.5) is 0 Å². The summed E-state index contributed by atoms with van der Waals surface area (Å²) in [5.41, 5.74) is 0.253. The van der Waals surface area contributed by atoms with Gasteiger partial charge in [-0.1, -0.05) is 0 Å². The van der Waals surface area contributed by atoms with Gasteiger partial charge in [0.1, 0.15) is 11.4 Å². The van der Waals surface area contributed by atoms with E-state index in [1.54, 1.807) is 43.3 Å². The number of amides is 1. The number of likely N-dealkylation sites (N-methyl/N-ethyl adjacent to an activating group) is 1. The Kier molecular flexibility index (Phi) is 4.09. The van der Waals surface area contributed by atoms with Crippen LogP contribution in [-0.4, -0.2) is 60.6 Å². The standard InChI is InChI=1S/C17H21N3O3/c1-18-6-8-20(9-7-18)17(22)15-11-12-10-13(23-3)4-5-14(12)16(21)19(15)2/h4-5,10-11H,6-9H2,1-3H3. The van der Waals surface area contributed by atoms with Crippen molar-refractivity contribution in [2.75, 3.05) is 40.3 Å². The van der Waals surface area contributed by atoms with Gasteiger partial charge < -0.3 is 19.1 Å². The summed E-state index contributed by atoms with van der Waals surface area (Å²) in [6.07, 6.45) is 0. The normalized spacial score (nSPS) is 15.9. The van der Waals surface area contributed by atoms with E-state index in [0.717, 1.165) is 18.5 Å². The van der Waals surface area contributed by atoms with Crippen LogP contribution in [0.1, 0.15) is 10.5 Å². The zero-order valence-electron chi connectivity index (χ0n) is 13.7. The number of pyridine rings is 1. The van der Waals surface area contributed by atoms with Crippen molar-refractivity contribution in [1.82, 2.24) is 14.4 Å². The second-order valence-corrected chi connectivity index (χ2v) is 5.94. The fourth-order valence-electron chi connectivity index (χ4n) is 2.89. The highest BCUT2D eigenvalue weighted by molar-refractivity contribution is 5.97. The molecule has 3 rings (SSSR count). The predicted molar refractivity (Wildman–Crippen MR) is 89.1 cm³/mol. The smallest absolute Gasteiger partial charge is 0.270 e. The minimum Gasteiger partial charge on any atom is -0.497 e. The third-order valence-electron chi connectivity index (χ3n) is 4.46. The van der Waals surface area contributed by atoms with Crippen LogP contribution in [0.2, 0.25) is 0 Å². The molecule has 0 atom stereocenters. The number of ether oxygens (including phenoxy) is 1. The molecule has 6 nitrogen and oxygen atoms in total. The fourth-order valence-corrected chi connectivity index (χ4v) is 2.89. The van der Waals surface area contributed by atoms with Crippen LogP contribution < -0.4 is 10.3 Å². The molecule has 6 heteroatoms. The first-order valence-electron chi connectivity index (χ1n) is 7.67. The van der Waals surface area contributed by atoms with Gasteiger partial charge in [-0.05, 0) is 36.7 Å². The van der Waals surface area contributed by atoms with Crippen LogP contribution in [0.5, 0.6) is 5.75 Å². The van der Waals surface area contributed by atoms with Crippen LogP contribution in [0.25, 0.3) is 10.8 Å². The third kappa shape index (κ3) is 2.82. The third-order valence-corrected chi connectivity index (χ3v) is 4.46. The summed E-state index contributed by atoms with van der Waals surface area (Å²) in [7, 11) is 5.27. The van der Waals surface area contributed by atoms with Gasteiger partial charge in [0.05, 0.1) is 7.11 Å². The number of benzene rings is 1. The topological polar surface area (TPSA) is 54.8 Å². The molecule has 2 heterocycles. The second kappa shape index (κ2) is 6.04. The van der Waals surface area contributed by atoms with Gasteiger partial charge in [0, 0.05) is 38.6 Å². The molecule has 0 spiro atoms. The van der Waals surface area contributed by atoms with E-state index in [9.17, 15) is 9.59 Å². The monoisotopic (exact) mass is 315 g/mol. The van der Waals surface area contributed by atoms with Crippen molar-refractivity contribution in [3.63, 3.8) is 0 Å². The van der Waals surface area contributed by atoms with E-state index in [1.165, 1.54) is 4.57 Å². The van der Waals surface area contributed by atoms with Gasteiger partial charge in [-0.25, -0.2) is 0 Å². The minimum atomic E-state index is -0.164. The van der Waals surface area contributed by atoms with Gasteiger partial charge in [-0.15, -0.1) is 0 Å². The molecular weight excluding hydrogens is 294 g/mol. The van der Waals surface area contributed by atoms with Gasteiger partial charge >= 0.3 is 0 Å². The number of rotatable bonds is 2. The van der Waals surface area contributed by atoms with Crippen molar-refractivity contribution < 1.29 is 9.53 Å². The SMILES string of the molecule is COc1ccc2c(=O)n(C)c(C(=O)N3CCN(C)CC3)cc2c1. The molecule has 1 aliphatic rings. The molecule has 0 bridgehead atoms. The molecule has 2 aromatic rings. The van der Waals surface area contributed by atoms with Gasteiger partial charge in [0.2, 0.25) is 0 Å². The number of nitrogens with zero attached hydrogens (tertiary/aromatic N) is 3. The summed E-state index contributed by atoms with van der Waals surface area (Å²) in [5, 5.41) is 1.31. The summed E-state index contributed by atoms with van der Waals surface area (Å²) >= 11 is 0. The van der Waals surface area contributed by atoms with Crippen molar-refractivity contribution in [1.29, 1.82) is 0 Å². The Balaban J connectivity index is 2.04. The predicted octanol–water partition coefficient (Wildman–Crippen LogP) is 0.935. The Labute approximate surface area is 134 Å². The van der Waals surface area contributed by atoms with Gasteiger partial charge in [-0.2, -0.15) is 0 Å². The van der Waals surface area contributed by atoms with E-state index in [-0.39, 0.29) is 11.5 Å². The lowest BCUT2D eigenvalue weighted by molar-refractivity contribution is 0.0653. The van der Waals surface area contributed by atoms with Crippen molar-refractivity contribution in [3.05, 3.63) is 40.3 Å². The Hall–Kier alpha value is -2.34. The van der Waals surface area contributed by atoms with Gasteiger partial charge in [0.15, 0.2) is 0 Å². The second-order valence-electron chi connectivity index (χ2n) is 5.94. The fraction of sp³-hybridized carbons (Fsp3) is 0.412. The van der Waals surface area contributed by atoms with E-state index in [0.29, 0.717) is 29.9 Å². The highest BCUT2D eigenvalue weighted by atomic mass is 16.5. The largest absolute Gasteiger partial charge is 0.497 e. The van der Waals surface area contributed by atoms with Crippen molar-refractivity contribution >= 4 is 16.7 Å². The highest BCUT2D eigenvalue weighted by Crippen LogP contribution is 2.20. The molecule has 1 saturated heterocycles. The molecular formula is C17H21N3O3. The zero-order chi connectivity index (χ0) is 16.6. The number of piperazine rings is 1. The minimum absolute atomic E-state index is 0.0950. The quantitative estimate of drug-likeness (QED) is 0.827. The molecule has 0 aliphatic carbocycles. The summed E-state index contributed by atoms with van der Waals surface area (Å²) in [5.74, 6) is 0.575. The molecule has 0 N–H and O–H groups in total. The first kappa shape index (κ1) is 15.6. The van der Waals surface area contributed by atoms with Crippen molar-refractivity contribution in [2.45, 2.75) is 0 Å². The molecule has 1 aliphatic heterocycles. The molecule has 0 radical (unpaired) electrons. The van der Waals surface area contributed by atoms with Crippen LogP contribution in [0.3, 0.4) is 0 Å². The molecule has 1 fully saturated rings. The van der Waals surface area contributed by atoms with E-state index in [1.807, 2.05) is 7.05 Å². The zero-order valence-corrected chi connectivity index (χ0v) is 13.7. The molecule has 1 aromatic heterocycles. The Morgan fingerprint density at radius 3 is 2.43 bits per heavy atom. The van der Waals surface area contributed by atoms with E-state index < -0.39 is 0 Å². The number of carbonyl (C=O) groups is 1. The van der Waals surface area contributed by atoms with E-state index in [2.05, 4.69) is 4.90 Å². The maximum absolute atomic E-state index is 12.8. The summed E-state index contributed by atoms with van der Waals surface area (Å²) < 4.78 is 6.65. The Morgan fingerprint density at radius 1 is 1.09 bits per heavy atom. The van der Waals surface area contributed by atoms with Crippen LogP contribution in [0.15, 0.2) is 29.1 Å². The lowest BCUT2D eigenvalue weighted by Crippen LogP contribution is -2.48. The lowest BCUT2D eigenvalue weighted by Gasteiger charge is -2.32. The highest BCUT2D eigenvalue weighted by Gasteiger charge is 2.23. The first-order valence-corrected chi connectivity index (χ1v) is 7.67.